The zero-order chi connectivity index (χ0) is 18.0. The molecule has 130 valence electrons. The van der Waals surface area contributed by atoms with Crippen molar-refractivity contribution in [3.8, 4) is 5.75 Å². The van der Waals surface area contributed by atoms with E-state index in [0.29, 0.717) is 11.6 Å². The first-order chi connectivity index (χ1) is 11.8. The molecule has 0 radical (unpaired) electrons. The molecule has 8 heteroatoms. The van der Waals surface area contributed by atoms with E-state index < -0.39 is 5.41 Å². The number of ether oxygens (including phenoxy) is 1. The highest BCUT2D eigenvalue weighted by Gasteiger charge is 2.22. The first kappa shape index (κ1) is 16.7. The molecule has 3 aromatic rings. The van der Waals surface area contributed by atoms with Crippen molar-refractivity contribution in [3.05, 3.63) is 52.6 Å². The lowest BCUT2D eigenvalue weighted by atomic mass is 9.96. The van der Waals surface area contributed by atoms with E-state index in [1.165, 1.54) is 10.6 Å². The van der Waals surface area contributed by atoms with Gasteiger partial charge < -0.3 is 10.1 Å². The summed E-state index contributed by atoms with van der Waals surface area (Å²) in [6.45, 7) is 5.49. The van der Waals surface area contributed by atoms with Crippen LogP contribution in [0.25, 0.3) is 5.78 Å². The van der Waals surface area contributed by atoms with Gasteiger partial charge in [-0.3, -0.25) is 14.6 Å². The molecule has 0 saturated carbocycles. The van der Waals surface area contributed by atoms with Crippen molar-refractivity contribution in [2.75, 3.05) is 5.32 Å². The normalized spacial score (nSPS) is 11.5. The number of hydrogen-bond acceptors (Lipinski definition) is 5. The molecule has 8 nitrogen and oxygen atoms in total. The van der Waals surface area contributed by atoms with Gasteiger partial charge in [0.15, 0.2) is 5.82 Å². The maximum absolute atomic E-state index is 12.2. The monoisotopic (exact) mass is 341 g/mol. The molecule has 1 aromatic carbocycles. The Morgan fingerprint density at radius 1 is 1.28 bits per heavy atom. The second-order valence-corrected chi connectivity index (χ2v) is 6.59. The number of rotatable bonds is 4. The highest BCUT2D eigenvalue weighted by atomic mass is 16.5. The van der Waals surface area contributed by atoms with Gasteiger partial charge in [0.2, 0.25) is 11.7 Å². The zero-order valence-corrected chi connectivity index (χ0v) is 14.2. The molecule has 0 saturated heterocycles. The highest BCUT2D eigenvalue weighted by molar-refractivity contribution is 5.93. The van der Waals surface area contributed by atoms with Gasteiger partial charge in [-0.2, -0.15) is 9.50 Å². The molecule has 0 fully saturated rings. The fraction of sp³-hybridized carbons (Fsp3) is 0.294. The number of H-pyrrole nitrogens is 1. The second-order valence-electron chi connectivity index (χ2n) is 6.59. The molecule has 0 aliphatic rings. The van der Waals surface area contributed by atoms with Gasteiger partial charge in [-0.15, -0.1) is 5.10 Å². The standard InChI is InChI=1S/C17H19N5O3/c1-17(2,3)15(24)19-13-9-14(23)20-16-18-12(21-22(13)16)10-25-11-7-5-4-6-8-11/h4-9H,10H2,1-3H3,(H,19,24)(H,18,20,21,23). The predicted octanol–water partition coefficient (Wildman–Crippen LogP) is 1.98. The summed E-state index contributed by atoms with van der Waals surface area (Å²) in [5.74, 6) is 1.35. The van der Waals surface area contributed by atoms with Gasteiger partial charge in [-0.25, -0.2) is 0 Å². The molecule has 2 N–H and O–H groups in total. The number of carbonyl (C=O) groups excluding carboxylic acids is 1. The van der Waals surface area contributed by atoms with Crippen molar-refractivity contribution in [1.29, 1.82) is 0 Å². The van der Waals surface area contributed by atoms with Crippen molar-refractivity contribution in [2.24, 2.45) is 5.41 Å². The first-order valence-corrected chi connectivity index (χ1v) is 7.81. The third kappa shape index (κ3) is 3.85. The molecule has 0 atom stereocenters. The number of anilines is 1. The topological polar surface area (TPSA) is 101 Å². The number of aromatic amines is 1. The van der Waals surface area contributed by atoms with E-state index in [1.807, 2.05) is 30.3 Å². The van der Waals surface area contributed by atoms with E-state index in [1.54, 1.807) is 20.8 Å². The molecule has 0 aliphatic carbocycles. The van der Waals surface area contributed by atoms with E-state index in [-0.39, 0.29) is 29.7 Å². The summed E-state index contributed by atoms with van der Waals surface area (Å²) in [5, 5.41) is 7.01. The minimum atomic E-state index is -0.602. The molecule has 25 heavy (non-hydrogen) atoms. The number of nitrogens with zero attached hydrogens (tertiary/aromatic N) is 3. The van der Waals surface area contributed by atoms with Crippen LogP contribution < -0.4 is 15.6 Å². The molecule has 0 unspecified atom stereocenters. The Bertz CT molecular complexity index is 954. The summed E-state index contributed by atoms with van der Waals surface area (Å²) < 4.78 is 6.99. The smallest absolute Gasteiger partial charge is 0.254 e. The maximum atomic E-state index is 12.2. The highest BCUT2D eigenvalue weighted by Crippen LogP contribution is 2.17. The summed E-state index contributed by atoms with van der Waals surface area (Å²) in [6.07, 6.45) is 0. The Morgan fingerprint density at radius 2 is 2.00 bits per heavy atom. The summed E-state index contributed by atoms with van der Waals surface area (Å²) >= 11 is 0. The average Bonchev–Trinajstić information content (AvgIpc) is 2.96. The van der Waals surface area contributed by atoms with E-state index in [2.05, 4.69) is 20.4 Å². The molecular formula is C17H19N5O3. The molecule has 0 bridgehead atoms. The molecule has 0 aliphatic heterocycles. The summed E-state index contributed by atoms with van der Waals surface area (Å²) in [4.78, 5) is 30.8. The van der Waals surface area contributed by atoms with Crippen LogP contribution in [0.1, 0.15) is 26.6 Å². The third-order valence-electron chi connectivity index (χ3n) is 3.42. The summed E-state index contributed by atoms with van der Waals surface area (Å²) in [5.41, 5.74) is -0.978. The largest absolute Gasteiger partial charge is 0.486 e. The third-order valence-corrected chi connectivity index (χ3v) is 3.42. The van der Waals surface area contributed by atoms with Gasteiger partial charge in [0.1, 0.15) is 18.2 Å². The maximum Gasteiger partial charge on any atom is 0.254 e. The quantitative estimate of drug-likeness (QED) is 0.755. The number of amides is 1. The molecule has 2 heterocycles. The van der Waals surface area contributed by atoms with Crippen molar-refractivity contribution in [2.45, 2.75) is 27.4 Å². The van der Waals surface area contributed by atoms with E-state index in [0.717, 1.165) is 0 Å². The van der Waals surface area contributed by atoms with Gasteiger partial charge in [0.05, 0.1) is 0 Å². The minimum Gasteiger partial charge on any atom is -0.486 e. The Hall–Kier alpha value is -3.16. The lowest BCUT2D eigenvalue weighted by Gasteiger charge is -2.17. The zero-order valence-electron chi connectivity index (χ0n) is 14.2. The van der Waals surface area contributed by atoms with Crippen LogP contribution in [0.4, 0.5) is 5.82 Å². The van der Waals surface area contributed by atoms with Gasteiger partial charge in [-0.1, -0.05) is 39.0 Å². The lowest BCUT2D eigenvalue weighted by molar-refractivity contribution is -0.123. The van der Waals surface area contributed by atoms with Crippen molar-refractivity contribution >= 4 is 17.5 Å². The molecule has 1 amide bonds. The van der Waals surface area contributed by atoms with Crippen LogP contribution in [0.2, 0.25) is 0 Å². The van der Waals surface area contributed by atoms with Crippen LogP contribution in [0.15, 0.2) is 41.2 Å². The lowest BCUT2D eigenvalue weighted by Crippen LogP contribution is -2.29. The Balaban J connectivity index is 1.87. The van der Waals surface area contributed by atoms with Crippen LogP contribution in [0.3, 0.4) is 0 Å². The van der Waals surface area contributed by atoms with Crippen molar-refractivity contribution in [3.63, 3.8) is 0 Å². The van der Waals surface area contributed by atoms with Gasteiger partial charge in [0.25, 0.3) is 5.56 Å². The van der Waals surface area contributed by atoms with E-state index in [4.69, 9.17) is 4.74 Å². The number of carbonyl (C=O) groups is 1. The van der Waals surface area contributed by atoms with Crippen LogP contribution in [-0.2, 0) is 11.4 Å². The van der Waals surface area contributed by atoms with Gasteiger partial charge >= 0.3 is 0 Å². The fourth-order valence-corrected chi connectivity index (χ4v) is 2.05. The van der Waals surface area contributed by atoms with Crippen LogP contribution >= 0.6 is 0 Å². The Labute approximate surface area is 143 Å². The number of aromatic nitrogens is 4. The number of nitrogens with one attached hydrogen (secondary N) is 2. The van der Waals surface area contributed by atoms with Crippen LogP contribution in [-0.4, -0.2) is 25.5 Å². The average molecular weight is 341 g/mol. The number of benzene rings is 1. The van der Waals surface area contributed by atoms with Crippen molar-refractivity contribution in [1.82, 2.24) is 19.6 Å². The minimum absolute atomic E-state index is 0.139. The van der Waals surface area contributed by atoms with E-state index >= 15 is 0 Å². The number of fused-ring (bicyclic) bond motifs is 1. The van der Waals surface area contributed by atoms with Gasteiger partial charge in [-0.05, 0) is 12.1 Å². The molecule has 2 aromatic heterocycles. The van der Waals surface area contributed by atoms with Crippen LogP contribution in [0, 0.1) is 5.41 Å². The Kier molecular flexibility index (Phi) is 4.26. The first-order valence-electron chi connectivity index (χ1n) is 7.81. The Morgan fingerprint density at radius 3 is 2.68 bits per heavy atom. The molecular weight excluding hydrogens is 322 g/mol. The molecule has 0 spiro atoms. The van der Waals surface area contributed by atoms with Crippen molar-refractivity contribution < 1.29 is 9.53 Å². The predicted molar refractivity (Wildman–Crippen MR) is 92.5 cm³/mol. The van der Waals surface area contributed by atoms with E-state index in [9.17, 15) is 9.59 Å². The summed E-state index contributed by atoms with van der Waals surface area (Å²) in [6, 6.07) is 10.5. The SMILES string of the molecule is CC(C)(C)C(=O)Nc1cc(=O)[nH]c2nc(COc3ccccc3)nn12. The second kappa shape index (κ2) is 6.39. The van der Waals surface area contributed by atoms with Crippen LogP contribution in [0.5, 0.6) is 5.75 Å². The molecule has 3 rings (SSSR count). The number of para-hydroxylation sites is 1. The van der Waals surface area contributed by atoms with Gasteiger partial charge in [0, 0.05) is 11.5 Å². The fourth-order valence-electron chi connectivity index (χ4n) is 2.05. The number of hydrogen-bond donors (Lipinski definition) is 2. The summed E-state index contributed by atoms with van der Waals surface area (Å²) in [7, 11) is 0.